The number of rotatable bonds is 5. The molecule has 4 rings (SSSR count). The normalized spacial score (nSPS) is 42.1. The van der Waals surface area contributed by atoms with Crippen LogP contribution in [0, 0.1) is 29.6 Å². The third-order valence-corrected chi connectivity index (χ3v) is 13.0. The van der Waals surface area contributed by atoms with Gasteiger partial charge in [0, 0.05) is 44.9 Å². The second kappa shape index (κ2) is 20.0. The first-order valence-electron chi connectivity index (χ1n) is 20.4. The van der Waals surface area contributed by atoms with Gasteiger partial charge in [0.1, 0.15) is 24.0 Å². The van der Waals surface area contributed by atoms with Gasteiger partial charge >= 0.3 is 5.97 Å². The predicted octanol–water partition coefficient (Wildman–Crippen LogP) is 5.07. The Morgan fingerprint density at radius 1 is 0.982 bits per heavy atom. The molecule has 1 unspecified atom stereocenters. The SMILES string of the molecule is CC[C@@H]1/C=C(\C)C[C@H](C)C[C@H](OC)[C@H]2O[C@@](O)(C(=O)C(=O)N3CCCC[C@H]3C(=O)O[C@H](/C(C)=C/[C@@H]3CC[C@@H](O)C(Cl)C3)[C@H](C)[C@@H](O)CC1=O)[C@H](C)C[C@@H]2OC. The molecule has 312 valence electrons. The smallest absolute Gasteiger partial charge is 0.329 e. The van der Waals surface area contributed by atoms with Crippen LogP contribution < -0.4 is 0 Å². The zero-order valence-corrected chi connectivity index (χ0v) is 34.8. The summed E-state index contributed by atoms with van der Waals surface area (Å²) in [4.78, 5) is 57.5. The maximum absolute atomic E-state index is 14.2. The highest BCUT2D eigenvalue weighted by molar-refractivity contribution is 6.39. The Morgan fingerprint density at radius 2 is 1.65 bits per heavy atom. The summed E-state index contributed by atoms with van der Waals surface area (Å²) >= 11 is 6.42. The van der Waals surface area contributed by atoms with Crippen LogP contribution in [-0.2, 0) is 38.1 Å². The average molecular weight is 796 g/mol. The van der Waals surface area contributed by atoms with Gasteiger partial charge in [0.2, 0.25) is 5.79 Å². The van der Waals surface area contributed by atoms with E-state index in [1.54, 1.807) is 13.8 Å². The number of esters is 1. The van der Waals surface area contributed by atoms with Crippen molar-refractivity contribution in [3.05, 3.63) is 23.3 Å². The fourth-order valence-corrected chi connectivity index (χ4v) is 9.48. The van der Waals surface area contributed by atoms with Crippen LogP contribution in [0.1, 0.15) is 112 Å². The Morgan fingerprint density at radius 3 is 2.29 bits per heavy atom. The van der Waals surface area contributed by atoms with E-state index in [-0.39, 0.29) is 43.4 Å². The van der Waals surface area contributed by atoms with Crippen LogP contribution in [0.4, 0.5) is 0 Å². The molecule has 0 radical (unpaired) electrons. The quantitative estimate of drug-likeness (QED) is 0.147. The molecule has 0 spiro atoms. The molecule has 3 N–H and O–H groups in total. The van der Waals surface area contributed by atoms with Crippen LogP contribution in [0.3, 0.4) is 0 Å². The minimum atomic E-state index is -2.50. The summed E-state index contributed by atoms with van der Waals surface area (Å²) in [6.45, 7) is 11.2. The van der Waals surface area contributed by atoms with E-state index in [0.29, 0.717) is 56.9 Å². The van der Waals surface area contributed by atoms with Gasteiger partial charge in [0.25, 0.3) is 11.7 Å². The van der Waals surface area contributed by atoms with E-state index in [9.17, 15) is 34.5 Å². The lowest BCUT2D eigenvalue weighted by Gasteiger charge is -2.47. The molecule has 0 aromatic heterocycles. The average Bonchev–Trinajstić information content (AvgIpc) is 3.15. The van der Waals surface area contributed by atoms with Crippen molar-refractivity contribution in [2.24, 2.45) is 29.6 Å². The number of hydrogen-bond acceptors (Lipinski definition) is 11. The molecule has 12 nitrogen and oxygen atoms in total. The van der Waals surface area contributed by atoms with Gasteiger partial charge in [0.05, 0.1) is 29.8 Å². The highest BCUT2D eigenvalue weighted by Gasteiger charge is 2.56. The number of halogens is 1. The van der Waals surface area contributed by atoms with Crippen LogP contribution in [0.15, 0.2) is 23.3 Å². The molecule has 4 aliphatic rings. The number of hydrogen-bond donors (Lipinski definition) is 3. The summed E-state index contributed by atoms with van der Waals surface area (Å²) in [6, 6.07) is -1.13. The number of cyclic esters (lactones) is 1. The fourth-order valence-electron chi connectivity index (χ4n) is 9.12. The first-order chi connectivity index (χ1) is 25.9. The molecule has 3 heterocycles. The minimum Gasteiger partial charge on any atom is -0.456 e. The Labute approximate surface area is 332 Å². The number of ketones is 2. The number of Topliss-reactive ketones (excluding diaryl/α,β-unsaturated/α-hetero) is 2. The highest BCUT2D eigenvalue weighted by atomic mass is 35.5. The summed E-state index contributed by atoms with van der Waals surface area (Å²) in [5.41, 5.74) is 1.65. The van der Waals surface area contributed by atoms with E-state index >= 15 is 0 Å². The maximum atomic E-state index is 14.2. The zero-order chi connectivity index (χ0) is 40.8. The number of fused-ring (bicyclic) bond motifs is 3. The Balaban J connectivity index is 1.76. The number of aliphatic hydroxyl groups is 3. The molecule has 3 aliphatic heterocycles. The zero-order valence-electron chi connectivity index (χ0n) is 34.1. The van der Waals surface area contributed by atoms with Gasteiger partial charge in [-0.05, 0) is 95.5 Å². The molecule has 1 amide bonds. The van der Waals surface area contributed by atoms with Crippen molar-refractivity contribution in [3.8, 4) is 0 Å². The van der Waals surface area contributed by atoms with Crippen molar-refractivity contribution < 1.29 is 53.4 Å². The molecule has 2 saturated heterocycles. The number of allylic oxidation sites excluding steroid dienone is 3. The van der Waals surface area contributed by atoms with Crippen molar-refractivity contribution in [1.82, 2.24) is 4.90 Å². The molecule has 0 aromatic rings. The first kappa shape index (κ1) is 45.5. The van der Waals surface area contributed by atoms with Gasteiger partial charge in [-0.15, -0.1) is 11.6 Å². The number of piperidine rings is 1. The number of nitrogens with zero attached hydrogens (tertiary/aromatic N) is 1. The summed E-state index contributed by atoms with van der Waals surface area (Å²) < 4.78 is 24.2. The molecule has 55 heavy (non-hydrogen) atoms. The van der Waals surface area contributed by atoms with E-state index in [4.69, 9.17) is 30.5 Å². The van der Waals surface area contributed by atoms with Crippen LogP contribution >= 0.6 is 11.6 Å². The fraction of sp³-hybridized carbons (Fsp3) is 0.810. The van der Waals surface area contributed by atoms with Gasteiger partial charge in [-0.2, -0.15) is 0 Å². The summed E-state index contributed by atoms with van der Waals surface area (Å²) in [6.07, 6.45) is 3.94. The van der Waals surface area contributed by atoms with Crippen LogP contribution in [0.5, 0.6) is 0 Å². The second-order valence-corrected chi connectivity index (χ2v) is 17.5. The molecule has 13 heteroatoms. The number of carbonyl (C=O) groups is 4. The second-order valence-electron chi connectivity index (χ2n) is 16.9. The van der Waals surface area contributed by atoms with Crippen molar-refractivity contribution in [3.63, 3.8) is 0 Å². The Kier molecular flexibility index (Phi) is 16.5. The number of carbonyl (C=O) groups excluding carboxylic acids is 4. The monoisotopic (exact) mass is 795 g/mol. The summed E-state index contributed by atoms with van der Waals surface area (Å²) in [7, 11) is 3.06. The van der Waals surface area contributed by atoms with Gasteiger partial charge in [-0.25, -0.2) is 4.79 Å². The molecular formula is C42H66ClNO11. The van der Waals surface area contributed by atoms with Crippen molar-refractivity contribution in [2.45, 2.75) is 166 Å². The highest BCUT2D eigenvalue weighted by Crippen LogP contribution is 2.39. The number of aliphatic hydroxyl groups excluding tert-OH is 2. The Hall–Kier alpha value is -2.19. The number of amides is 1. The third kappa shape index (κ3) is 10.9. The Bertz CT molecular complexity index is 1420. The van der Waals surface area contributed by atoms with Crippen LogP contribution in [-0.4, -0.2) is 118 Å². The molecule has 3 fully saturated rings. The molecule has 14 atom stereocenters. The van der Waals surface area contributed by atoms with Gasteiger partial charge in [-0.1, -0.05) is 45.4 Å². The van der Waals surface area contributed by atoms with E-state index in [1.165, 1.54) is 19.1 Å². The van der Waals surface area contributed by atoms with E-state index < -0.39 is 89.2 Å². The molecule has 0 aromatic carbocycles. The summed E-state index contributed by atoms with van der Waals surface area (Å²) in [5.74, 6) is -7.52. The lowest BCUT2D eigenvalue weighted by Crippen LogP contribution is -2.64. The first-order valence-corrected chi connectivity index (χ1v) is 20.8. The largest absolute Gasteiger partial charge is 0.456 e. The topological polar surface area (TPSA) is 169 Å². The minimum absolute atomic E-state index is 0.0106. The predicted molar refractivity (Wildman–Crippen MR) is 207 cm³/mol. The lowest BCUT2D eigenvalue weighted by atomic mass is 9.82. The van der Waals surface area contributed by atoms with E-state index in [1.807, 2.05) is 39.8 Å². The lowest BCUT2D eigenvalue weighted by molar-refractivity contribution is -0.302. The van der Waals surface area contributed by atoms with Crippen LogP contribution in [0.25, 0.3) is 0 Å². The summed E-state index contributed by atoms with van der Waals surface area (Å²) in [5, 5.41) is 33.4. The van der Waals surface area contributed by atoms with E-state index in [0.717, 1.165) is 5.57 Å². The van der Waals surface area contributed by atoms with Gasteiger partial charge in [0.15, 0.2) is 0 Å². The molecular weight excluding hydrogens is 730 g/mol. The van der Waals surface area contributed by atoms with Crippen molar-refractivity contribution in [1.29, 1.82) is 0 Å². The third-order valence-electron chi connectivity index (χ3n) is 12.6. The van der Waals surface area contributed by atoms with Crippen molar-refractivity contribution in [2.75, 3.05) is 20.8 Å². The van der Waals surface area contributed by atoms with Gasteiger partial charge in [-0.3, -0.25) is 14.4 Å². The van der Waals surface area contributed by atoms with Crippen molar-refractivity contribution >= 4 is 35.0 Å². The number of ether oxygens (including phenoxy) is 4. The number of methoxy groups -OCH3 is 2. The molecule has 1 saturated carbocycles. The molecule has 1 aliphatic carbocycles. The number of alkyl halides is 1. The van der Waals surface area contributed by atoms with Crippen LogP contribution in [0.2, 0.25) is 0 Å². The molecule has 2 bridgehead atoms. The standard InChI is InChI=1S/C42H66ClNO11/c1-9-29-17-23(2)16-24(3)18-35(52-7)38-36(53-8)20-26(5)42(51,55-38)39(48)40(49)44-15-11-10-12-31(44)41(50)54-37(27(6)33(46)22-34(29)47)25(4)19-28-13-14-32(45)30(43)21-28/h17,19,24,26-33,35-38,45-46,51H,9-16,18,20-22H2,1-8H3/b23-17+,25-19+/t24-,26+,27+,28-,29+,30?,31-,32+,33-,35-,36-,37+,38+,42+/m0/s1. The maximum Gasteiger partial charge on any atom is 0.329 e. The van der Waals surface area contributed by atoms with Gasteiger partial charge < -0.3 is 39.2 Å². The van der Waals surface area contributed by atoms with E-state index in [2.05, 4.69) is 0 Å².